The van der Waals surface area contributed by atoms with E-state index >= 15 is 0 Å². The quantitative estimate of drug-likeness (QED) is 0.250. The summed E-state index contributed by atoms with van der Waals surface area (Å²) in [7, 11) is 0. The number of aromatic nitrogens is 2. The third-order valence-corrected chi connectivity index (χ3v) is 6.14. The van der Waals surface area contributed by atoms with Gasteiger partial charge in [-0.1, -0.05) is 97.3 Å². The lowest BCUT2D eigenvalue weighted by atomic mass is 10.0. The maximum Gasteiger partial charge on any atom is 0.236 e. The highest BCUT2D eigenvalue weighted by atomic mass is 32.1. The monoisotopic (exact) mass is 404 g/mol. The fraction of sp³-hybridized carbons (Fsp3) is 0.750. The number of nitrogens with zero attached hydrogens (tertiary/aromatic N) is 2. The van der Waals surface area contributed by atoms with E-state index in [4.69, 9.17) is 4.74 Å². The van der Waals surface area contributed by atoms with Crippen LogP contribution in [0.4, 0.5) is 0 Å². The summed E-state index contributed by atoms with van der Waals surface area (Å²) in [6.45, 7) is 5.16. The minimum Gasteiger partial charge on any atom is -0.476 e. The lowest BCUT2D eigenvalue weighted by Crippen LogP contribution is -2.04. The van der Waals surface area contributed by atoms with E-state index in [2.05, 4.69) is 29.2 Å². The van der Waals surface area contributed by atoms with Crippen molar-refractivity contribution >= 4 is 22.4 Å². The van der Waals surface area contributed by atoms with Gasteiger partial charge in [0.05, 0.1) is 12.1 Å². The topological polar surface area (TPSA) is 35.0 Å². The van der Waals surface area contributed by atoms with E-state index in [0.717, 1.165) is 42.1 Å². The Hall–Kier alpha value is -1.16. The number of aryl methyl sites for hydroxylation is 1. The Morgan fingerprint density at radius 2 is 1.18 bits per heavy atom. The number of ether oxygens (including phenoxy) is 1. The summed E-state index contributed by atoms with van der Waals surface area (Å²) in [6, 6.07) is 0. The second kappa shape index (κ2) is 14.8. The molecule has 0 fully saturated rings. The van der Waals surface area contributed by atoms with Crippen molar-refractivity contribution in [3.05, 3.63) is 16.5 Å². The molecule has 2 heterocycles. The van der Waals surface area contributed by atoms with Gasteiger partial charge in [-0.05, 0) is 12.8 Å². The maximum absolute atomic E-state index is 5.94. The number of rotatable bonds is 17. The zero-order chi connectivity index (χ0) is 19.9. The van der Waals surface area contributed by atoms with Gasteiger partial charge in [-0.2, -0.15) is 0 Å². The van der Waals surface area contributed by atoms with Crippen LogP contribution in [0.15, 0.2) is 10.8 Å². The van der Waals surface area contributed by atoms with Crippen molar-refractivity contribution in [2.45, 2.75) is 110 Å². The molecular weight excluding hydrogens is 364 g/mol. The Bertz CT molecular complexity index is 641. The van der Waals surface area contributed by atoms with Crippen molar-refractivity contribution < 1.29 is 4.74 Å². The fourth-order valence-electron chi connectivity index (χ4n) is 3.63. The predicted octanol–water partition coefficient (Wildman–Crippen LogP) is 8.11. The Morgan fingerprint density at radius 1 is 0.679 bits per heavy atom. The first-order chi connectivity index (χ1) is 13.8. The van der Waals surface area contributed by atoms with Crippen molar-refractivity contribution in [2.75, 3.05) is 6.61 Å². The second-order valence-electron chi connectivity index (χ2n) is 7.92. The first-order valence-electron chi connectivity index (χ1n) is 11.7. The summed E-state index contributed by atoms with van der Waals surface area (Å²) >= 11 is 1.65. The number of hydrogen-bond donors (Lipinski definition) is 0. The number of fused-ring (bicyclic) bond motifs is 1. The lowest BCUT2D eigenvalue weighted by molar-refractivity contribution is 0.290. The van der Waals surface area contributed by atoms with Crippen LogP contribution >= 0.6 is 11.3 Å². The Balaban J connectivity index is 1.43. The largest absolute Gasteiger partial charge is 0.476 e. The molecule has 0 radical (unpaired) electrons. The normalized spacial score (nSPS) is 11.4. The van der Waals surface area contributed by atoms with Crippen LogP contribution in [0.25, 0.3) is 11.0 Å². The van der Waals surface area contributed by atoms with Crippen LogP contribution in [-0.4, -0.2) is 16.6 Å². The summed E-state index contributed by atoms with van der Waals surface area (Å²) in [6.07, 6.45) is 20.2. The predicted molar refractivity (Wildman–Crippen MR) is 123 cm³/mol. The van der Waals surface area contributed by atoms with Crippen LogP contribution in [0.2, 0.25) is 0 Å². The zero-order valence-corrected chi connectivity index (χ0v) is 19.0. The molecule has 4 heteroatoms. The van der Waals surface area contributed by atoms with E-state index < -0.39 is 0 Å². The summed E-state index contributed by atoms with van der Waals surface area (Å²) in [5.41, 5.74) is 2.93. The number of hydrogen-bond acceptors (Lipinski definition) is 4. The van der Waals surface area contributed by atoms with Crippen LogP contribution in [0.5, 0.6) is 5.88 Å². The molecule has 0 aliphatic heterocycles. The van der Waals surface area contributed by atoms with Crippen molar-refractivity contribution in [1.82, 2.24) is 9.97 Å². The van der Waals surface area contributed by atoms with Crippen molar-refractivity contribution in [1.29, 1.82) is 0 Å². The molecule has 0 unspecified atom stereocenters. The molecule has 0 bridgehead atoms. The van der Waals surface area contributed by atoms with Gasteiger partial charge in [0.2, 0.25) is 5.88 Å². The van der Waals surface area contributed by atoms with Crippen LogP contribution < -0.4 is 4.74 Å². The first kappa shape index (κ1) is 23.1. The second-order valence-corrected chi connectivity index (χ2v) is 8.66. The fourth-order valence-corrected chi connectivity index (χ4v) is 4.30. The third-order valence-electron chi connectivity index (χ3n) is 5.42. The molecule has 0 aliphatic carbocycles. The molecule has 0 saturated carbocycles. The van der Waals surface area contributed by atoms with E-state index in [1.807, 2.05) is 5.38 Å². The van der Waals surface area contributed by atoms with E-state index in [-0.39, 0.29) is 0 Å². The lowest BCUT2D eigenvalue weighted by Gasteiger charge is -2.09. The van der Waals surface area contributed by atoms with Crippen LogP contribution in [0.1, 0.15) is 109 Å². The molecule has 0 N–H and O–H groups in total. The molecule has 2 aromatic rings. The summed E-state index contributed by atoms with van der Waals surface area (Å²) in [4.78, 5) is 9.30. The maximum atomic E-state index is 5.94. The van der Waals surface area contributed by atoms with Gasteiger partial charge < -0.3 is 4.74 Å². The third kappa shape index (κ3) is 8.89. The minimum absolute atomic E-state index is 0.739. The van der Waals surface area contributed by atoms with Gasteiger partial charge in [0.1, 0.15) is 11.2 Å². The van der Waals surface area contributed by atoms with Crippen molar-refractivity contribution in [3.63, 3.8) is 0 Å². The number of unbranched alkanes of at least 4 members (excludes halogenated alkanes) is 13. The summed E-state index contributed by atoms with van der Waals surface area (Å²) in [5, 5.41) is 4.10. The summed E-state index contributed by atoms with van der Waals surface area (Å²) < 4.78 is 5.94. The Kier molecular flexibility index (Phi) is 12.2. The van der Waals surface area contributed by atoms with Gasteiger partial charge in [0.25, 0.3) is 0 Å². The highest BCUT2D eigenvalue weighted by molar-refractivity contribution is 7.09. The van der Waals surface area contributed by atoms with Crippen LogP contribution in [0, 0.1) is 0 Å². The Labute approximate surface area is 176 Å². The van der Waals surface area contributed by atoms with E-state index in [0.29, 0.717) is 0 Å². The average Bonchev–Trinajstić information content (AvgIpc) is 3.17. The zero-order valence-electron chi connectivity index (χ0n) is 18.2. The molecular formula is C24H40N2OS. The van der Waals surface area contributed by atoms with Gasteiger partial charge in [0, 0.05) is 10.8 Å². The van der Waals surface area contributed by atoms with Gasteiger partial charge in [-0.3, -0.25) is 0 Å². The van der Waals surface area contributed by atoms with E-state index in [1.54, 1.807) is 11.3 Å². The smallest absolute Gasteiger partial charge is 0.236 e. The van der Waals surface area contributed by atoms with E-state index in [1.165, 1.54) is 83.5 Å². The molecule has 2 rings (SSSR count). The van der Waals surface area contributed by atoms with Crippen LogP contribution in [0.3, 0.4) is 0 Å². The molecule has 0 saturated heterocycles. The SMILES string of the molecule is CCCCCCCCCCCCCCCCOc1nc2cscc2nc1CC. The average molecular weight is 405 g/mol. The van der Waals surface area contributed by atoms with Crippen molar-refractivity contribution in [3.8, 4) is 5.88 Å². The van der Waals surface area contributed by atoms with Gasteiger partial charge in [-0.25, -0.2) is 9.97 Å². The van der Waals surface area contributed by atoms with E-state index in [9.17, 15) is 0 Å². The van der Waals surface area contributed by atoms with Gasteiger partial charge >= 0.3 is 0 Å². The molecule has 28 heavy (non-hydrogen) atoms. The standard InChI is InChI=1S/C24H40N2OS/c1-3-5-6-7-8-9-10-11-12-13-14-15-16-17-18-27-24-21(4-2)25-22-19-28-20-23(22)26-24/h19-20H,3-18H2,1-2H3. The minimum atomic E-state index is 0.739. The molecule has 0 aromatic carbocycles. The molecule has 0 spiro atoms. The molecule has 2 aromatic heterocycles. The summed E-state index contributed by atoms with van der Waals surface area (Å²) in [5.74, 6) is 0.739. The molecule has 0 atom stereocenters. The molecule has 0 amide bonds. The van der Waals surface area contributed by atoms with Crippen molar-refractivity contribution in [2.24, 2.45) is 0 Å². The molecule has 158 valence electrons. The Morgan fingerprint density at radius 3 is 1.71 bits per heavy atom. The molecule has 3 nitrogen and oxygen atoms in total. The highest BCUT2D eigenvalue weighted by Crippen LogP contribution is 2.22. The molecule has 0 aliphatic rings. The highest BCUT2D eigenvalue weighted by Gasteiger charge is 2.09. The number of thiophene rings is 1. The van der Waals surface area contributed by atoms with Gasteiger partial charge in [0.15, 0.2) is 0 Å². The first-order valence-corrected chi connectivity index (χ1v) is 12.6. The van der Waals surface area contributed by atoms with Gasteiger partial charge in [-0.15, -0.1) is 11.3 Å². The van der Waals surface area contributed by atoms with Crippen LogP contribution in [-0.2, 0) is 6.42 Å².